The van der Waals surface area contributed by atoms with Gasteiger partial charge in [0.15, 0.2) is 0 Å². The second-order valence-corrected chi connectivity index (χ2v) is 6.92. The van der Waals surface area contributed by atoms with Crippen molar-refractivity contribution in [3.8, 4) is 5.75 Å². The average molecular weight is 316 g/mol. The minimum absolute atomic E-state index is 0.240. The SMILES string of the molecule is CC1CC(C)CC(Oc2c(Cl)cc(Cl)cc2CCN)C1. The van der Waals surface area contributed by atoms with Crippen LogP contribution >= 0.6 is 23.2 Å². The molecule has 2 unspecified atom stereocenters. The maximum absolute atomic E-state index is 6.31. The number of hydrogen-bond acceptors (Lipinski definition) is 2. The Morgan fingerprint density at radius 1 is 1.15 bits per heavy atom. The molecule has 112 valence electrons. The fourth-order valence-electron chi connectivity index (χ4n) is 3.22. The number of benzene rings is 1. The number of rotatable bonds is 4. The summed E-state index contributed by atoms with van der Waals surface area (Å²) in [5, 5.41) is 1.23. The lowest BCUT2D eigenvalue weighted by atomic mass is 9.82. The van der Waals surface area contributed by atoms with Gasteiger partial charge in [-0.15, -0.1) is 0 Å². The molecule has 2 atom stereocenters. The number of halogens is 2. The lowest BCUT2D eigenvalue weighted by Crippen LogP contribution is -2.29. The van der Waals surface area contributed by atoms with Crippen molar-refractivity contribution in [2.75, 3.05) is 6.54 Å². The van der Waals surface area contributed by atoms with Crippen molar-refractivity contribution in [3.05, 3.63) is 27.7 Å². The summed E-state index contributed by atoms with van der Waals surface area (Å²) in [5.74, 6) is 2.17. The lowest BCUT2D eigenvalue weighted by Gasteiger charge is -2.32. The van der Waals surface area contributed by atoms with Gasteiger partial charge in [0.1, 0.15) is 5.75 Å². The first kappa shape index (κ1) is 15.9. The molecule has 0 radical (unpaired) electrons. The van der Waals surface area contributed by atoms with E-state index in [0.717, 1.165) is 30.6 Å². The molecule has 0 heterocycles. The summed E-state index contributed by atoms with van der Waals surface area (Å²) in [6, 6.07) is 3.65. The molecule has 1 aromatic carbocycles. The Labute approximate surface area is 131 Å². The quantitative estimate of drug-likeness (QED) is 0.874. The van der Waals surface area contributed by atoms with E-state index in [1.807, 2.05) is 6.07 Å². The molecule has 2 nitrogen and oxygen atoms in total. The molecule has 4 heteroatoms. The van der Waals surface area contributed by atoms with Crippen molar-refractivity contribution in [2.45, 2.75) is 45.6 Å². The van der Waals surface area contributed by atoms with Gasteiger partial charge in [-0.2, -0.15) is 0 Å². The zero-order valence-electron chi connectivity index (χ0n) is 12.2. The Kier molecular flexibility index (Phi) is 5.59. The zero-order chi connectivity index (χ0) is 14.7. The van der Waals surface area contributed by atoms with Crippen LogP contribution in [0, 0.1) is 11.8 Å². The van der Waals surface area contributed by atoms with Crippen LogP contribution < -0.4 is 10.5 Å². The maximum atomic E-state index is 6.31. The van der Waals surface area contributed by atoms with Gasteiger partial charge in [0.2, 0.25) is 0 Å². The van der Waals surface area contributed by atoms with E-state index in [2.05, 4.69) is 13.8 Å². The van der Waals surface area contributed by atoms with Crippen LogP contribution in [-0.4, -0.2) is 12.6 Å². The minimum atomic E-state index is 0.240. The summed E-state index contributed by atoms with van der Waals surface area (Å²) in [4.78, 5) is 0. The van der Waals surface area contributed by atoms with Gasteiger partial charge in [0, 0.05) is 5.02 Å². The number of hydrogen-bond donors (Lipinski definition) is 1. The van der Waals surface area contributed by atoms with E-state index in [9.17, 15) is 0 Å². The molecule has 20 heavy (non-hydrogen) atoms. The molecule has 1 aliphatic rings. The summed E-state index contributed by atoms with van der Waals surface area (Å²) in [7, 11) is 0. The summed E-state index contributed by atoms with van der Waals surface area (Å²) in [5.41, 5.74) is 6.68. The van der Waals surface area contributed by atoms with Crippen LogP contribution in [0.5, 0.6) is 5.75 Å². The molecular formula is C16H23Cl2NO. The molecule has 0 saturated heterocycles. The van der Waals surface area contributed by atoms with E-state index in [0.29, 0.717) is 28.4 Å². The van der Waals surface area contributed by atoms with E-state index in [1.165, 1.54) is 6.42 Å². The zero-order valence-corrected chi connectivity index (χ0v) is 13.7. The highest BCUT2D eigenvalue weighted by Crippen LogP contribution is 2.37. The molecule has 0 amide bonds. The Bertz CT molecular complexity index is 454. The van der Waals surface area contributed by atoms with Crippen LogP contribution in [0.1, 0.15) is 38.7 Å². The number of ether oxygens (including phenoxy) is 1. The molecular weight excluding hydrogens is 293 g/mol. The van der Waals surface area contributed by atoms with Crippen LogP contribution in [0.3, 0.4) is 0 Å². The van der Waals surface area contributed by atoms with Gasteiger partial charge in [0.05, 0.1) is 11.1 Å². The molecule has 0 bridgehead atoms. The van der Waals surface area contributed by atoms with Crippen molar-refractivity contribution in [2.24, 2.45) is 17.6 Å². The van der Waals surface area contributed by atoms with E-state index in [-0.39, 0.29) is 6.10 Å². The topological polar surface area (TPSA) is 35.2 Å². The fraction of sp³-hybridized carbons (Fsp3) is 0.625. The van der Waals surface area contributed by atoms with Crippen molar-refractivity contribution in [1.82, 2.24) is 0 Å². The lowest BCUT2D eigenvalue weighted by molar-refractivity contribution is 0.100. The highest BCUT2D eigenvalue weighted by molar-refractivity contribution is 6.35. The smallest absolute Gasteiger partial charge is 0.141 e. The first-order valence-corrected chi connectivity index (χ1v) is 8.09. The molecule has 0 aromatic heterocycles. The Morgan fingerprint density at radius 2 is 1.80 bits per heavy atom. The highest BCUT2D eigenvalue weighted by atomic mass is 35.5. The van der Waals surface area contributed by atoms with Gasteiger partial charge in [-0.3, -0.25) is 0 Å². The molecule has 2 N–H and O–H groups in total. The third-order valence-corrected chi connectivity index (χ3v) is 4.42. The van der Waals surface area contributed by atoms with Crippen molar-refractivity contribution in [1.29, 1.82) is 0 Å². The normalized spacial score (nSPS) is 26.6. The summed E-state index contributed by atoms with van der Waals surface area (Å²) in [6.45, 7) is 5.14. The predicted octanol–water partition coefficient (Wildman–Crippen LogP) is 4.70. The van der Waals surface area contributed by atoms with E-state index in [4.69, 9.17) is 33.7 Å². The Hall–Kier alpha value is -0.440. The van der Waals surface area contributed by atoms with Gasteiger partial charge < -0.3 is 10.5 Å². The summed E-state index contributed by atoms with van der Waals surface area (Å²) >= 11 is 12.4. The second kappa shape index (κ2) is 7.02. The van der Waals surface area contributed by atoms with Crippen LogP contribution in [0.4, 0.5) is 0 Å². The molecule has 1 aliphatic carbocycles. The average Bonchev–Trinajstić information content (AvgIpc) is 2.32. The van der Waals surface area contributed by atoms with E-state index < -0.39 is 0 Å². The number of nitrogens with two attached hydrogens (primary N) is 1. The molecule has 1 aromatic rings. The molecule has 1 saturated carbocycles. The van der Waals surface area contributed by atoms with Crippen LogP contribution in [0.25, 0.3) is 0 Å². The third-order valence-electron chi connectivity index (χ3n) is 3.92. The van der Waals surface area contributed by atoms with Crippen molar-refractivity contribution >= 4 is 23.2 Å². The molecule has 0 aliphatic heterocycles. The molecule has 2 rings (SSSR count). The summed E-state index contributed by atoms with van der Waals surface area (Å²) in [6.07, 6.45) is 4.43. The van der Waals surface area contributed by atoms with E-state index in [1.54, 1.807) is 6.07 Å². The van der Waals surface area contributed by atoms with Crippen LogP contribution in [0.15, 0.2) is 12.1 Å². The predicted molar refractivity (Wildman–Crippen MR) is 85.8 cm³/mol. The standard InChI is InChI=1S/C16H23Cl2NO/c1-10-5-11(2)7-14(6-10)20-16-12(3-4-19)8-13(17)9-15(16)18/h8-11,14H,3-7,19H2,1-2H3. The Balaban J connectivity index is 2.19. The summed E-state index contributed by atoms with van der Waals surface area (Å²) < 4.78 is 6.22. The molecule has 0 spiro atoms. The Morgan fingerprint density at radius 3 is 2.40 bits per heavy atom. The van der Waals surface area contributed by atoms with Crippen molar-refractivity contribution < 1.29 is 4.74 Å². The van der Waals surface area contributed by atoms with Gasteiger partial charge in [-0.1, -0.05) is 37.0 Å². The van der Waals surface area contributed by atoms with E-state index >= 15 is 0 Å². The van der Waals surface area contributed by atoms with Gasteiger partial charge >= 0.3 is 0 Å². The first-order valence-electron chi connectivity index (χ1n) is 7.34. The monoisotopic (exact) mass is 315 g/mol. The third kappa shape index (κ3) is 4.03. The molecule has 1 fully saturated rings. The van der Waals surface area contributed by atoms with Gasteiger partial charge in [-0.25, -0.2) is 0 Å². The second-order valence-electron chi connectivity index (χ2n) is 6.07. The highest BCUT2D eigenvalue weighted by Gasteiger charge is 2.26. The maximum Gasteiger partial charge on any atom is 0.141 e. The minimum Gasteiger partial charge on any atom is -0.489 e. The van der Waals surface area contributed by atoms with Crippen LogP contribution in [-0.2, 0) is 6.42 Å². The van der Waals surface area contributed by atoms with Crippen molar-refractivity contribution in [3.63, 3.8) is 0 Å². The van der Waals surface area contributed by atoms with Crippen LogP contribution in [0.2, 0.25) is 10.0 Å². The first-order chi connectivity index (χ1) is 9.49. The fourth-order valence-corrected chi connectivity index (χ4v) is 3.80. The largest absolute Gasteiger partial charge is 0.489 e. The van der Waals surface area contributed by atoms with Gasteiger partial charge in [0.25, 0.3) is 0 Å². The van der Waals surface area contributed by atoms with Gasteiger partial charge in [-0.05, 0) is 61.8 Å².